The molecule has 0 atom stereocenters. The Balaban J connectivity index is 1.67. The molecule has 0 radical (unpaired) electrons. The van der Waals surface area contributed by atoms with E-state index in [0.717, 1.165) is 5.56 Å². The summed E-state index contributed by atoms with van der Waals surface area (Å²) in [5.41, 5.74) is 1.99. The fourth-order valence-electron chi connectivity index (χ4n) is 2.58. The van der Waals surface area contributed by atoms with Crippen LogP contribution in [0.4, 0.5) is 10.1 Å². The van der Waals surface area contributed by atoms with E-state index in [-0.39, 0.29) is 18.3 Å². The van der Waals surface area contributed by atoms with Crippen molar-refractivity contribution < 1.29 is 9.18 Å². The fraction of sp³-hybridized carbons (Fsp3) is 0.167. The van der Waals surface area contributed by atoms with Crippen molar-refractivity contribution in [3.8, 4) is 5.69 Å². The van der Waals surface area contributed by atoms with E-state index < -0.39 is 0 Å². The number of carbonyl (C=O) groups is 1. The summed E-state index contributed by atoms with van der Waals surface area (Å²) in [6.45, 7) is 0.594. The molecule has 134 valence electrons. The zero-order valence-electron chi connectivity index (χ0n) is 14.1. The summed E-state index contributed by atoms with van der Waals surface area (Å²) in [5.74, 6) is -0.510. The summed E-state index contributed by atoms with van der Waals surface area (Å²) in [5, 5.41) is 7.41. The van der Waals surface area contributed by atoms with Crippen LogP contribution in [0.25, 0.3) is 5.69 Å². The Morgan fingerprint density at radius 3 is 2.88 bits per heavy atom. The highest BCUT2D eigenvalue weighted by Crippen LogP contribution is 2.24. The molecule has 1 aromatic heterocycles. The van der Waals surface area contributed by atoms with Crippen molar-refractivity contribution in [2.75, 3.05) is 18.9 Å². The predicted octanol–water partition coefficient (Wildman–Crippen LogP) is 3.13. The average molecular weight is 374 g/mol. The second-order valence-electron chi connectivity index (χ2n) is 5.85. The van der Waals surface area contributed by atoms with Gasteiger partial charge in [0.25, 0.3) is 0 Å². The predicted molar refractivity (Wildman–Crippen MR) is 97.7 cm³/mol. The second kappa shape index (κ2) is 8.07. The van der Waals surface area contributed by atoms with Crippen LogP contribution in [0.2, 0.25) is 5.02 Å². The maximum atomic E-state index is 13.3. The van der Waals surface area contributed by atoms with E-state index in [2.05, 4.69) is 15.4 Å². The minimum atomic E-state index is -0.295. The molecule has 0 saturated heterocycles. The number of halogens is 2. The van der Waals surface area contributed by atoms with Crippen molar-refractivity contribution in [1.29, 1.82) is 0 Å². The lowest BCUT2D eigenvalue weighted by molar-refractivity contribution is -0.117. The van der Waals surface area contributed by atoms with E-state index >= 15 is 0 Å². The Hall–Kier alpha value is -2.77. The molecular formula is C18H17ClFN5O. The standard InChI is InChI=1S/C18H17ClFN5O/c1-24(9-13-3-2-4-15(20)7-13)10-18(26)23-16-8-14(19)5-6-17(16)25-12-21-11-22-25/h2-8,11-12H,9-10H2,1H3,(H,23,26). The summed E-state index contributed by atoms with van der Waals surface area (Å²) in [4.78, 5) is 18.1. The molecule has 26 heavy (non-hydrogen) atoms. The van der Waals surface area contributed by atoms with Crippen LogP contribution in [0.1, 0.15) is 5.56 Å². The second-order valence-corrected chi connectivity index (χ2v) is 6.29. The van der Waals surface area contributed by atoms with Gasteiger partial charge in [-0.1, -0.05) is 23.7 Å². The number of nitrogens with zero attached hydrogens (tertiary/aromatic N) is 4. The molecule has 0 aliphatic rings. The molecule has 1 N–H and O–H groups in total. The van der Waals surface area contributed by atoms with E-state index in [1.165, 1.54) is 24.8 Å². The first-order chi connectivity index (χ1) is 12.5. The number of likely N-dealkylation sites (N-methyl/N-ethyl adjacent to an activating group) is 1. The number of anilines is 1. The number of rotatable bonds is 6. The van der Waals surface area contributed by atoms with Gasteiger partial charge >= 0.3 is 0 Å². The van der Waals surface area contributed by atoms with Gasteiger partial charge in [-0.25, -0.2) is 14.1 Å². The Morgan fingerprint density at radius 1 is 1.31 bits per heavy atom. The molecule has 0 bridgehead atoms. The van der Waals surface area contributed by atoms with E-state index in [4.69, 9.17) is 11.6 Å². The van der Waals surface area contributed by atoms with Crippen LogP contribution in [0.5, 0.6) is 0 Å². The summed E-state index contributed by atoms with van der Waals surface area (Å²) in [6.07, 6.45) is 2.95. The molecule has 3 aromatic rings. The molecule has 0 spiro atoms. The van der Waals surface area contributed by atoms with Gasteiger partial charge in [-0.2, -0.15) is 5.10 Å². The molecule has 0 aliphatic carbocycles. The van der Waals surface area contributed by atoms with Crippen LogP contribution < -0.4 is 5.32 Å². The molecule has 0 fully saturated rings. The normalized spacial score (nSPS) is 10.9. The number of nitrogens with one attached hydrogen (secondary N) is 1. The van der Waals surface area contributed by atoms with E-state index in [9.17, 15) is 9.18 Å². The molecule has 0 aliphatic heterocycles. The Labute approximate surface area is 155 Å². The van der Waals surface area contributed by atoms with Gasteiger partial charge < -0.3 is 5.32 Å². The molecule has 0 saturated carbocycles. The zero-order chi connectivity index (χ0) is 18.5. The molecule has 2 aromatic carbocycles. The third kappa shape index (κ3) is 4.65. The molecule has 8 heteroatoms. The summed E-state index contributed by atoms with van der Waals surface area (Å²) in [6, 6.07) is 11.4. The maximum Gasteiger partial charge on any atom is 0.238 e. The van der Waals surface area contributed by atoms with Gasteiger partial charge in [0, 0.05) is 11.6 Å². The van der Waals surface area contributed by atoms with Gasteiger partial charge in [0.2, 0.25) is 5.91 Å². The van der Waals surface area contributed by atoms with Crippen LogP contribution in [0.15, 0.2) is 55.1 Å². The van der Waals surface area contributed by atoms with Crippen molar-refractivity contribution >= 4 is 23.2 Å². The maximum absolute atomic E-state index is 13.3. The van der Waals surface area contributed by atoms with E-state index in [0.29, 0.717) is 22.9 Å². The van der Waals surface area contributed by atoms with Gasteiger partial charge in [-0.15, -0.1) is 0 Å². The van der Waals surface area contributed by atoms with Crippen LogP contribution in [-0.2, 0) is 11.3 Å². The van der Waals surface area contributed by atoms with Gasteiger partial charge in [0.15, 0.2) is 0 Å². The van der Waals surface area contributed by atoms with Crippen LogP contribution in [-0.4, -0.2) is 39.2 Å². The number of hydrogen-bond donors (Lipinski definition) is 1. The number of amides is 1. The lowest BCUT2D eigenvalue weighted by atomic mass is 10.2. The third-order valence-electron chi connectivity index (χ3n) is 3.65. The highest BCUT2D eigenvalue weighted by molar-refractivity contribution is 6.31. The van der Waals surface area contributed by atoms with Crippen molar-refractivity contribution in [1.82, 2.24) is 19.7 Å². The van der Waals surface area contributed by atoms with Gasteiger partial charge in [0.05, 0.1) is 17.9 Å². The first kappa shape index (κ1) is 18.0. The number of hydrogen-bond acceptors (Lipinski definition) is 4. The van der Waals surface area contributed by atoms with Gasteiger partial charge in [0.1, 0.15) is 18.5 Å². The fourth-order valence-corrected chi connectivity index (χ4v) is 2.75. The quantitative estimate of drug-likeness (QED) is 0.721. The monoisotopic (exact) mass is 373 g/mol. The molecule has 0 unspecified atom stereocenters. The number of benzene rings is 2. The molecule has 6 nitrogen and oxygen atoms in total. The lowest BCUT2D eigenvalue weighted by Gasteiger charge is -2.17. The van der Waals surface area contributed by atoms with E-state index in [1.807, 2.05) is 6.07 Å². The van der Waals surface area contributed by atoms with Crippen LogP contribution >= 0.6 is 11.6 Å². The Kier molecular flexibility index (Phi) is 5.60. The largest absolute Gasteiger partial charge is 0.323 e. The summed E-state index contributed by atoms with van der Waals surface area (Å²) in [7, 11) is 1.79. The summed E-state index contributed by atoms with van der Waals surface area (Å²) >= 11 is 6.05. The minimum Gasteiger partial charge on any atom is -0.323 e. The molecule has 1 amide bonds. The third-order valence-corrected chi connectivity index (χ3v) is 3.89. The lowest BCUT2D eigenvalue weighted by Crippen LogP contribution is -2.30. The van der Waals surface area contributed by atoms with E-state index in [1.54, 1.807) is 40.9 Å². The van der Waals surface area contributed by atoms with Crippen molar-refractivity contribution in [3.05, 3.63) is 71.5 Å². The minimum absolute atomic E-state index is 0.139. The van der Waals surface area contributed by atoms with Gasteiger partial charge in [-0.3, -0.25) is 9.69 Å². The zero-order valence-corrected chi connectivity index (χ0v) is 14.8. The van der Waals surface area contributed by atoms with Crippen molar-refractivity contribution in [2.24, 2.45) is 0 Å². The molecule has 1 heterocycles. The number of aromatic nitrogens is 3. The Morgan fingerprint density at radius 2 is 2.15 bits per heavy atom. The number of carbonyl (C=O) groups excluding carboxylic acids is 1. The Bertz CT molecular complexity index is 900. The summed E-state index contributed by atoms with van der Waals surface area (Å²) < 4.78 is 14.8. The average Bonchev–Trinajstić information content (AvgIpc) is 3.09. The topological polar surface area (TPSA) is 63.1 Å². The van der Waals surface area contributed by atoms with Gasteiger partial charge in [-0.05, 0) is 42.9 Å². The van der Waals surface area contributed by atoms with Crippen molar-refractivity contribution in [2.45, 2.75) is 6.54 Å². The SMILES string of the molecule is CN(CC(=O)Nc1cc(Cl)ccc1-n1cncn1)Cc1cccc(F)c1. The van der Waals surface area contributed by atoms with Crippen LogP contribution in [0.3, 0.4) is 0 Å². The highest BCUT2D eigenvalue weighted by Gasteiger charge is 2.12. The van der Waals surface area contributed by atoms with Crippen molar-refractivity contribution in [3.63, 3.8) is 0 Å². The smallest absolute Gasteiger partial charge is 0.238 e. The molecular weight excluding hydrogens is 357 g/mol. The first-order valence-electron chi connectivity index (χ1n) is 7.88. The van der Waals surface area contributed by atoms with Crippen LogP contribution in [0, 0.1) is 5.82 Å². The first-order valence-corrected chi connectivity index (χ1v) is 8.26. The highest BCUT2D eigenvalue weighted by atomic mass is 35.5. The molecule has 3 rings (SSSR count).